The van der Waals surface area contributed by atoms with Gasteiger partial charge in [-0.05, 0) is 25.0 Å². The molecule has 2 heterocycles. The number of carbonyl (C=O) groups is 5. The lowest BCUT2D eigenvalue weighted by Gasteiger charge is -2.19. The van der Waals surface area contributed by atoms with Gasteiger partial charge in [-0.25, -0.2) is 0 Å². The molecule has 3 aliphatic rings. The zero-order valence-corrected chi connectivity index (χ0v) is 16.0. The molecule has 8 heteroatoms. The molecule has 1 aliphatic carbocycles. The van der Waals surface area contributed by atoms with Crippen LogP contribution in [0.3, 0.4) is 0 Å². The number of hydrogen-bond acceptors (Lipinski definition) is 6. The monoisotopic (exact) mass is 398 g/mol. The van der Waals surface area contributed by atoms with Crippen LogP contribution in [0.1, 0.15) is 52.8 Å². The quantitative estimate of drug-likeness (QED) is 0.530. The maximum absolute atomic E-state index is 12.4. The molecule has 29 heavy (non-hydrogen) atoms. The van der Waals surface area contributed by atoms with Crippen molar-refractivity contribution in [1.29, 1.82) is 0 Å². The van der Waals surface area contributed by atoms with Gasteiger partial charge in [0.1, 0.15) is 6.61 Å². The Morgan fingerprint density at radius 2 is 1.41 bits per heavy atom. The lowest BCUT2D eigenvalue weighted by atomic mass is 9.81. The third-order valence-corrected chi connectivity index (χ3v) is 5.93. The third kappa shape index (κ3) is 3.43. The normalized spacial score (nSPS) is 23.4. The zero-order chi connectivity index (χ0) is 20.5. The second-order valence-corrected chi connectivity index (χ2v) is 7.60. The van der Waals surface area contributed by atoms with E-state index in [1.807, 2.05) is 0 Å². The molecule has 0 spiro atoms. The molecule has 1 aromatic carbocycles. The first-order chi connectivity index (χ1) is 14.0. The van der Waals surface area contributed by atoms with Gasteiger partial charge in [-0.2, -0.15) is 0 Å². The molecule has 2 fully saturated rings. The number of likely N-dealkylation sites (tertiary alicyclic amines) is 1. The summed E-state index contributed by atoms with van der Waals surface area (Å²) in [6, 6.07) is 6.54. The molecule has 1 aromatic rings. The molecule has 152 valence electrons. The van der Waals surface area contributed by atoms with Crippen molar-refractivity contribution in [3.63, 3.8) is 0 Å². The summed E-state index contributed by atoms with van der Waals surface area (Å²) in [7, 11) is 0. The van der Waals surface area contributed by atoms with Crippen LogP contribution in [0, 0.1) is 11.8 Å². The molecule has 0 radical (unpaired) electrons. The van der Waals surface area contributed by atoms with E-state index in [9.17, 15) is 24.0 Å². The number of rotatable bonds is 6. The average Bonchev–Trinajstić information content (AvgIpc) is 3.12. The summed E-state index contributed by atoms with van der Waals surface area (Å²) in [6.07, 6.45) is 3.27. The van der Waals surface area contributed by atoms with Gasteiger partial charge in [0.15, 0.2) is 0 Å². The number of fused-ring (bicyclic) bond motifs is 2. The van der Waals surface area contributed by atoms with Gasteiger partial charge < -0.3 is 4.74 Å². The van der Waals surface area contributed by atoms with Crippen molar-refractivity contribution < 1.29 is 28.7 Å². The minimum atomic E-state index is -0.572. The highest BCUT2D eigenvalue weighted by Crippen LogP contribution is 2.38. The fraction of sp³-hybridized carbons (Fsp3) is 0.476. The number of imide groups is 2. The zero-order valence-electron chi connectivity index (χ0n) is 16.0. The van der Waals surface area contributed by atoms with Crippen LogP contribution in [0.5, 0.6) is 0 Å². The number of benzene rings is 1. The number of hydrogen-bond donors (Lipinski definition) is 0. The van der Waals surface area contributed by atoms with Gasteiger partial charge in [-0.1, -0.05) is 25.0 Å². The van der Waals surface area contributed by atoms with E-state index in [-0.39, 0.29) is 49.8 Å². The van der Waals surface area contributed by atoms with Crippen LogP contribution in [-0.2, 0) is 19.1 Å². The highest BCUT2D eigenvalue weighted by molar-refractivity contribution is 6.21. The van der Waals surface area contributed by atoms with Crippen LogP contribution >= 0.6 is 0 Å². The van der Waals surface area contributed by atoms with Crippen LogP contribution in [-0.4, -0.2) is 59.1 Å². The maximum atomic E-state index is 12.4. The van der Waals surface area contributed by atoms with Gasteiger partial charge in [0.25, 0.3) is 11.8 Å². The van der Waals surface area contributed by atoms with Gasteiger partial charge in [-0.3, -0.25) is 33.8 Å². The highest BCUT2D eigenvalue weighted by atomic mass is 16.5. The summed E-state index contributed by atoms with van der Waals surface area (Å²) in [6.45, 7) is -0.155. The summed E-state index contributed by atoms with van der Waals surface area (Å²) in [5.41, 5.74) is 0.688. The summed E-state index contributed by atoms with van der Waals surface area (Å²) in [5.74, 6) is -2.22. The standard InChI is InChI=1S/C21H22N2O6/c24-17(9-10-22-18(25)13-5-1-2-6-14(13)19(22)26)29-12-11-23-20(27)15-7-3-4-8-16(15)21(23)28/h3-4,7-8,13-14H,1-2,5-6,9-12H2/t13-,14-/m1/s1. The first-order valence-electron chi connectivity index (χ1n) is 9.95. The lowest BCUT2D eigenvalue weighted by Crippen LogP contribution is -2.35. The van der Waals surface area contributed by atoms with Crippen molar-refractivity contribution in [3.8, 4) is 0 Å². The van der Waals surface area contributed by atoms with Crippen LogP contribution in [0.2, 0.25) is 0 Å². The van der Waals surface area contributed by atoms with E-state index in [1.165, 1.54) is 4.90 Å². The van der Waals surface area contributed by atoms with Crippen molar-refractivity contribution >= 4 is 29.6 Å². The Morgan fingerprint density at radius 3 is 1.97 bits per heavy atom. The van der Waals surface area contributed by atoms with E-state index in [0.29, 0.717) is 11.1 Å². The molecule has 1 saturated carbocycles. The Morgan fingerprint density at radius 1 is 0.862 bits per heavy atom. The SMILES string of the molecule is O=C(CCN1C(=O)[C@@H]2CCCC[C@H]2C1=O)OCCN1C(=O)c2ccccc2C1=O. The molecule has 1 saturated heterocycles. The molecular formula is C21H22N2O6. The predicted molar refractivity (Wildman–Crippen MR) is 99.6 cm³/mol. The van der Waals surface area contributed by atoms with Crippen molar-refractivity contribution in [3.05, 3.63) is 35.4 Å². The molecule has 0 unspecified atom stereocenters. The first-order valence-corrected chi connectivity index (χ1v) is 9.95. The van der Waals surface area contributed by atoms with Crippen LogP contribution < -0.4 is 0 Å². The summed E-state index contributed by atoms with van der Waals surface area (Å²) in [5, 5.41) is 0. The maximum Gasteiger partial charge on any atom is 0.307 e. The van der Waals surface area contributed by atoms with Crippen molar-refractivity contribution in [2.45, 2.75) is 32.1 Å². The molecule has 2 atom stereocenters. The molecule has 4 amide bonds. The van der Waals surface area contributed by atoms with E-state index < -0.39 is 17.8 Å². The van der Waals surface area contributed by atoms with E-state index in [2.05, 4.69) is 0 Å². The lowest BCUT2D eigenvalue weighted by molar-refractivity contribution is -0.146. The molecular weight excluding hydrogens is 376 g/mol. The largest absolute Gasteiger partial charge is 0.464 e. The Hall–Kier alpha value is -3.03. The van der Waals surface area contributed by atoms with E-state index in [4.69, 9.17) is 4.74 Å². The minimum absolute atomic E-state index is 0.0104. The van der Waals surface area contributed by atoms with Gasteiger partial charge >= 0.3 is 5.97 Å². The van der Waals surface area contributed by atoms with Gasteiger partial charge in [0, 0.05) is 6.54 Å². The van der Waals surface area contributed by atoms with Crippen molar-refractivity contribution in [2.75, 3.05) is 19.7 Å². The smallest absolute Gasteiger partial charge is 0.307 e. The second-order valence-electron chi connectivity index (χ2n) is 7.60. The van der Waals surface area contributed by atoms with Gasteiger partial charge in [-0.15, -0.1) is 0 Å². The molecule has 4 rings (SSSR count). The Balaban J connectivity index is 1.24. The summed E-state index contributed by atoms with van der Waals surface area (Å²) < 4.78 is 5.11. The van der Waals surface area contributed by atoms with Crippen LogP contribution in [0.15, 0.2) is 24.3 Å². The predicted octanol–water partition coefficient (Wildman–Crippen LogP) is 1.39. The van der Waals surface area contributed by atoms with Crippen LogP contribution in [0.4, 0.5) is 0 Å². The Kier molecular flexibility index (Phi) is 5.17. The fourth-order valence-electron chi connectivity index (χ4n) is 4.42. The second kappa shape index (κ2) is 7.77. The third-order valence-electron chi connectivity index (χ3n) is 5.93. The van der Waals surface area contributed by atoms with Crippen LogP contribution in [0.25, 0.3) is 0 Å². The highest BCUT2D eigenvalue weighted by Gasteiger charge is 2.47. The number of esters is 1. The van der Waals surface area contributed by atoms with E-state index >= 15 is 0 Å². The Labute approximate surface area is 167 Å². The molecule has 0 aromatic heterocycles. The number of amides is 4. The topological polar surface area (TPSA) is 101 Å². The summed E-state index contributed by atoms with van der Waals surface area (Å²) in [4.78, 5) is 63.6. The van der Waals surface area contributed by atoms with Crippen molar-refractivity contribution in [2.24, 2.45) is 11.8 Å². The number of ether oxygens (including phenoxy) is 1. The Bertz CT molecular complexity index is 836. The first kappa shape index (κ1) is 19.3. The molecule has 8 nitrogen and oxygen atoms in total. The minimum Gasteiger partial charge on any atom is -0.464 e. The molecule has 0 bridgehead atoms. The molecule has 2 aliphatic heterocycles. The van der Waals surface area contributed by atoms with Crippen molar-refractivity contribution in [1.82, 2.24) is 9.80 Å². The summed E-state index contributed by atoms with van der Waals surface area (Å²) >= 11 is 0. The molecule has 0 N–H and O–H groups in total. The number of carbonyl (C=O) groups excluding carboxylic acids is 5. The fourth-order valence-corrected chi connectivity index (χ4v) is 4.42. The van der Waals surface area contributed by atoms with E-state index in [0.717, 1.165) is 30.6 Å². The van der Waals surface area contributed by atoms with Gasteiger partial charge in [0.05, 0.1) is 35.9 Å². The number of nitrogens with zero attached hydrogens (tertiary/aromatic N) is 2. The van der Waals surface area contributed by atoms with Gasteiger partial charge in [0.2, 0.25) is 11.8 Å². The van der Waals surface area contributed by atoms with E-state index in [1.54, 1.807) is 24.3 Å². The average molecular weight is 398 g/mol.